The van der Waals surface area contributed by atoms with E-state index in [1.165, 1.54) is 11.0 Å². The third-order valence-corrected chi connectivity index (χ3v) is 6.74. The predicted molar refractivity (Wildman–Crippen MR) is 169 cm³/mol. The molecule has 13 heteroatoms. The molecular weight excluding hydrogens is 580 g/mol. The summed E-state index contributed by atoms with van der Waals surface area (Å²) in [7, 11) is 1.60. The second-order valence-electron chi connectivity index (χ2n) is 12.4. The summed E-state index contributed by atoms with van der Waals surface area (Å²) in [5.74, 6) is -0.724. The highest BCUT2D eigenvalue weighted by Crippen LogP contribution is 2.21. The number of nitrogens with one attached hydrogen (secondary N) is 2. The normalized spacial score (nSPS) is 14.4. The SMILES string of the molecule is CCOC(=O)N1CCN(C(=O)[C@H](CCC(=O)OC(C)(C)C)NC(=O)c2cc(NC(C)(C)COC)nc(-c3ccccc3)n2)CC1. The van der Waals surface area contributed by atoms with Crippen molar-refractivity contribution < 1.29 is 33.4 Å². The molecule has 0 unspecified atom stereocenters. The number of hydrogen-bond acceptors (Lipinski definition) is 10. The van der Waals surface area contributed by atoms with Crippen LogP contribution in [0.3, 0.4) is 0 Å². The smallest absolute Gasteiger partial charge is 0.409 e. The first-order valence-electron chi connectivity index (χ1n) is 15.2. The summed E-state index contributed by atoms with van der Waals surface area (Å²) in [6, 6.07) is 9.71. The van der Waals surface area contributed by atoms with Crippen LogP contribution in [0.1, 0.15) is 64.9 Å². The minimum atomic E-state index is -1.05. The van der Waals surface area contributed by atoms with Crippen molar-refractivity contribution in [3.05, 3.63) is 42.1 Å². The molecule has 0 saturated carbocycles. The van der Waals surface area contributed by atoms with Crippen molar-refractivity contribution in [1.82, 2.24) is 25.1 Å². The van der Waals surface area contributed by atoms with Crippen LogP contribution < -0.4 is 10.6 Å². The van der Waals surface area contributed by atoms with E-state index in [0.717, 1.165) is 0 Å². The van der Waals surface area contributed by atoms with E-state index in [4.69, 9.17) is 14.2 Å². The lowest BCUT2D eigenvalue weighted by Gasteiger charge is -2.36. The average molecular weight is 627 g/mol. The van der Waals surface area contributed by atoms with E-state index < -0.39 is 35.2 Å². The molecule has 0 spiro atoms. The number of amides is 3. The highest BCUT2D eigenvalue weighted by molar-refractivity contribution is 5.97. The molecule has 1 aromatic heterocycles. The van der Waals surface area contributed by atoms with Crippen LogP contribution in [-0.4, -0.2) is 107 Å². The molecule has 1 atom stereocenters. The summed E-state index contributed by atoms with van der Waals surface area (Å²) in [6.45, 7) is 12.6. The molecule has 2 aromatic rings. The topological polar surface area (TPSA) is 152 Å². The molecule has 2 N–H and O–H groups in total. The maximum Gasteiger partial charge on any atom is 0.409 e. The molecule has 2 heterocycles. The zero-order valence-electron chi connectivity index (χ0n) is 27.3. The predicted octanol–water partition coefficient (Wildman–Crippen LogP) is 3.50. The molecule has 1 aromatic carbocycles. The number of nitrogens with zero attached hydrogens (tertiary/aromatic N) is 4. The summed E-state index contributed by atoms with van der Waals surface area (Å²) in [6.07, 6.45) is -0.510. The molecule has 1 saturated heterocycles. The molecule has 3 rings (SSSR count). The number of carbonyl (C=O) groups excluding carboxylic acids is 4. The van der Waals surface area contributed by atoms with Crippen molar-refractivity contribution in [3.8, 4) is 11.4 Å². The molecule has 1 fully saturated rings. The Balaban J connectivity index is 1.87. The van der Waals surface area contributed by atoms with Crippen molar-refractivity contribution in [3.63, 3.8) is 0 Å². The van der Waals surface area contributed by atoms with Crippen LogP contribution in [0.15, 0.2) is 36.4 Å². The highest BCUT2D eigenvalue weighted by atomic mass is 16.6. The van der Waals surface area contributed by atoms with E-state index in [0.29, 0.717) is 23.8 Å². The lowest BCUT2D eigenvalue weighted by Crippen LogP contribution is -2.56. The molecule has 3 amide bonds. The number of ether oxygens (including phenoxy) is 3. The number of methoxy groups -OCH3 is 1. The molecule has 13 nitrogen and oxygen atoms in total. The Morgan fingerprint density at radius 2 is 1.60 bits per heavy atom. The van der Waals surface area contributed by atoms with Crippen molar-refractivity contribution >= 4 is 29.7 Å². The zero-order valence-corrected chi connectivity index (χ0v) is 27.3. The van der Waals surface area contributed by atoms with E-state index in [1.54, 1.807) is 39.7 Å². The molecular formula is C32H46N6O7. The van der Waals surface area contributed by atoms with Gasteiger partial charge in [0, 0.05) is 51.3 Å². The summed E-state index contributed by atoms with van der Waals surface area (Å²) in [5.41, 5.74) is -0.459. The second kappa shape index (κ2) is 15.6. The number of anilines is 1. The van der Waals surface area contributed by atoms with Gasteiger partial charge in [0.05, 0.1) is 18.8 Å². The molecule has 0 aliphatic carbocycles. The van der Waals surface area contributed by atoms with Gasteiger partial charge < -0.3 is 34.6 Å². The Hall–Kier alpha value is -4.26. The molecule has 246 valence electrons. The van der Waals surface area contributed by atoms with Crippen LogP contribution in [0.5, 0.6) is 0 Å². The first kappa shape index (κ1) is 35.2. The van der Waals surface area contributed by atoms with Crippen LogP contribution in [0.25, 0.3) is 11.4 Å². The number of piperazine rings is 1. The average Bonchev–Trinajstić information content (AvgIpc) is 2.98. The molecule has 45 heavy (non-hydrogen) atoms. The van der Waals surface area contributed by atoms with Gasteiger partial charge in [-0.3, -0.25) is 14.4 Å². The Morgan fingerprint density at radius 3 is 2.20 bits per heavy atom. The van der Waals surface area contributed by atoms with E-state index in [-0.39, 0.29) is 57.2 Å². The fourth-order valence-electron chi connectivity index (χ4n) is 4.78. The van der Waals surface area contributed by atoms with E-state index in [2.05, 4.69) is 20.6 Å². The Labute approximate surface area is 265 Å². The minimum Gasteiger partial charge on any atom is -0.460 e. The van der Waals surface area contributed by atoms with Gasteiger partial charge in [0.15, 0.2) is 5.82 Å². The summed E-state index contributed by atoms with van der Waals surface area (Å²) >= 11 is 0. The molecule has 1 aliphatic rings. The zero-order chi connectivity index (χ0) is 33.2. The van der Waals surface area contributed by atoms with Gasteiger partial charge in [-0.25, -0.2) is 14.8 Å². The largest absolute Gasteiger partial charge is 0.460 e. The van der Waals surface area contributed by atoms with E-state index in [1.807, 2.05) is 44.2 Å². The maximum atomic E-state index is 13.7. The van der Waals surface area contributed by atoms with Crippen molar-refractivity contribution in [2.45, 2.75) is 71.6 Å². The fourth-order valence-corrected chi connectivity index (χ4v) is 4.78. The lowest BCUT2D eigenvalue weighted by atomic mass is 10.1. The van der Waals surface area contributed by atoms with E-state index >= 15 is 0 Å². The summed E-state index contributed by atoms with van der Waals surface area (Å²) in [4.78, 5) is 64.5. The van der Waals surface area contributed by atoms with Crippen LogP contribution >= 0.6 is 0 Å². The Morgan fingerprint density at radius 1 is 0.956 bits per heavy atom. The number of esters is 1. The number of benzene rings is 1. The van der Waals surface area contributed by atoms with Gasteiger partial charge in [0.1, 0.15) is 23.2 Å². The third-order valence-electron chi connectivity index (χ3n) is 6.74. The van der Waals surface area contributed by atoms with Crippen LogP contribution in [0, 0.1) is 0 Å². The van der Waals surface area contributed by atoms with Gasteiger partial charge in [0.2, 0.25) is 5.91 Å². The van der Waals surface area contributed by atoms with Crippen LogP contribution in [0.2, 0.25) is 0 Å². The number of aromatic nitrogens is 2. The highest BCUT2D eigenvalue weighted by Gasteiger charge is 2.32. The van der Waals surface area contributed by atoms with Crippen molar-refractivity contribution in [1.29, 1.82) is 0 Å². The van der Waals surface area contributed by atoms with Crippen molar-refractivity contribution in [2.24, 2.45) is 0 Å². The first-order valence-corrected chi connectivity index (χ1v) is 15.2. The number of carbonyl (C=O) groups is 4. The minimum absolute atomic E-state index is 0.0141. The number of hydrogen-bond donors (Lipinski definition) is 2. The molecule has 0 radical (unpaired) electrons. The molecule has 0 bridgehead atoms. The second-order valence-corrected chi connectivity index (χ2v) is 12.4. The Bertz CT molecular complexity index is 1320. The van der Waals surface area contributed by atoms with Crippen molar-refractivity contribution in [2.75, 3.05) is 51.8 Å². The third kappa shape index (κ3) is 11.0. The summed E-state index contributed by atoms with van der Waals surface area (Å²) in [5, 5.41) is 6.11. The van der Waals surface area contributed by atoms with Gasteiger partial charge in [-0.05, 0) is 48.0 Å². The van der Waals surface area contributed by atoms with Crippen LogP contribution in [-0.2, 0) is 23.8 Å². The van der Waals surface area contributed by atoms with E-state index in [9.17, 15) is 19.2 Å². The standard InChI is InChI=1S/C32H46N6O7/c1-8-44-30(42)38-18-16-37(17-19-38)29(41)23(14-15-26(39)45-31(2,3)4)34-28(40)24-20-25(36-32(5,6)21-43-7)35-27(33-24)22-12-10-9-11-13-22/h9-13,20,23H,8,14-19,21H2,1-7H3,(H,34,40)(H,33,35,36)/t23-/m0/s1. The quantitative estimate of drug-likeness (QED) is 0.335. The maximum absolute atomic E-state index is 13.7. The molecule has 1 aliphatic heterocycles. The van der Waals surface area contributed by atoms with Gasteiger partial charge in [-0.1, -0.05) is 30.3 Å². The summed E-state index contributed by atoms with van der Waals surface area (Å²) < 4.78 is 15.8. The fraction of sp³-hybridized carbons (Fsp3) is 0.562. The van der Waals surface area contributed by atoms with Gasteiger partial charge in [-0.2, -0.15) is 0 Å². The lowest BCUT2D eigenvalue weighted by molar-refractivity contribution is -0.155. The van der Waals surface area contributed by atoms with Gasteiger partial charge in [-0.15, -0.1) is 0 Å². The van der Waals surface area contributed by atoms with Gasteiger partial charge in [0.25, 0.3) is 5.91 Å². The van der Waals surface area contributed by atoms with Gasteiger partial charge >= 0.3 is 12.1 Å². The monoisotopic (exact) mass is 626 g/mol. The van der Waals surface area contributed by atoms with Crippen LogP contribution in [0.4, 0.5) is 10.6 Å². The first-order chi connectivity index (χ1) is 21.2. The number of rotatable bonds is 12. The Kier molecular flexibility index (Phi) is 12.2.